The second kappa shape index (κ2) is 7.11. The van der Waals surface area contributed by atoms with E-state index in [2.05, 4.69) is 18.8 Å². The van der Waals surface area contributed by atoms with E-state index in [1.54, 1.807) is 0 Å². The minimum absolute atomic E-state index is 0.130. The summed E-state index contributed by atoms with van der Waals surface area (Å²) in [5.41, 5.74) is 15.7. The Bertz CT molecular complexity index is 1210. The predicted octanol–water partition coefficient (Wildman–Crippen LogP) is 4.32. The number of hydrogen-bond acceptors (Lipinski definition) is 5. The van der Waals surface area contributed by atoms with Crippen LogP contribution in [-0.4, -0.2) is 28.9 Å². The summed E-state index contributed by atoms with van der Waals surface area (Å²) in [6, 6.07) is -0.130. The topological polar surface area (TPSA) is 75.5 Å². The van der Waals surface area contributed by atoms with Crippen molar-refractivity contribution in [2.75, 3.05) is 0 Å². The first-order valence-electron chi connectivity index (χ1n) is 10.2. The van der Waals surface area contributed by atoms with Crippen LogP contribution in [0.15, 0.2) is 115 Å². The molecule has 5 rings (SSSR count). The summed E-state index contributed by atoms with van der Waals surface area (Å²) in [5, 5.41) is 0. The molecule has 0 radical (unpaired) electrons. The fourth-order valence-corrected chi connectivity index (χ4v) is 4.08. The summed E-state index contributed by atoms with van der Waals surface area (Å²) < 4.78 is 0. The average Bonchev–Trinajstić information content (AvgIpc) is 3.44. The molecule has 0 saturated carbocycles. The Morgan fingerprint density at radius 2 is 1.10 bits per heavy atom. The molecule has 0 spiro atoms. The molecule has 0 saturated heterocycles. The SMILES string of the molecule is CC(C)C1=C(C(C)N)C2=CC3=NC(=CC4=NC(=CC5=NC(=CC1=N2)C=C5)C=C4)C=C3. The molecule has 5 aliphatic rings. The molecule has 2 N–H and O–H groups in total. The molecule has 0 aromatic heterocycles. The third kappa shape index (κ3) is 3.37. The van der Waals surface area contributed by atoms with Gasteiger partial charge in [0, 0.05) is 6.04 Å². The van der Waals surface area contributed by atoms with Gasteiger partial charge in [-0.15, -0.1) is 0 Å². The maximum atomic E-state index is 6.39. The number of fused-ring (bicyclic) bond motifs is 4. The highest BCUT2D eigenvalue weighted by Gasteiger charge is 2.28. The van der Waals surface area contributed by atoms with Crippen molar-refractivity contribution in [3.05, 3.63) is 94.7 Å². The van der Waals surface area contributed by atoms with Crippen molar-refractivity contribution < 1.29 is 0 Å². The normalized spacial score (nSPS) is 22.6. The number of hydrogen-bond donors (Lipinski definition) is 1. The minimum Gasteiger partial charge on any atom is -0.324 e. The summed E-state index contributed by atoms with van der Waals surface area (Å²) in [5.74, 6) is 0.290. The first kappa shape index (κ1) is 18.6. The van der Waals surface area contributed by atoms with Crippen molar-refractivity contribution in [1.82, 2.24) is 0 Å². The van der Waals surface area contributed by atoms with Crippen LogP contribution in [0.3, 0.4) is 0 Å². The van der Waals surface area contributed by atoms with Gasteiger partial charge in [0.1, 0.15) is 0 Å². The van der Waals surface area contributed by atoms with Crippen LogP contribution >= 0.6 is 0 Å². The molecule has 0 amide bonds. The summed E-state index contributed by atoms with van der Waals surface area (Å²) in [6.45, 7) is 6.36. The van der Waals surface area contributed by atoms with E-state index in [1.165, 1.54) is 5.57 Å². The van der Waals surface area contributed by atoms with Crippen LogP contribution in [0.5, 0.6) is 0 Å². The molecular weight excluding hydrogens is 370 g/mol. The summed E-state index contributed by atoms with van der Waals surface area (Å²) in [4.78, 5) is 19.1. The van der Waals surface area contributed by atoms with Gasteiger partial charge in [0.05, 0.1) is 45.6 Å². The molecule has 5 nitrogen and oxygen atoms in total. The monoisotopic (exact) mass is 393 g/mol. The van der Waals surface area contributed by atoms with Gasteiger partial charge in [0.2, 0.25) is 0 Å². The molecule has 0 aromatic rings. The van der Waals surface area contributed by atoms with Gasteiger partial charge in [0.25, 0.3) is 0 Å². The average molecular weight is 393 g/mol. The Morgan fingerprint density at radius 3 is 1.60 bits per heavy atom. The van der Waals surface area contributed by atoms with E-state index < -0.39 is 0 Å². The fourth-order valence-electron chi connectivity index (χ4n) is 4.08. The predicted molar refractivity (Wildman–Crippen MR) is 125 cm³/mol. The molecular formula is C25H23N5. The maximum absolute atomic E-state index is 6.39. The highest BCUT2D eigenvalue weighted by Crippen LogP contribution is 2.34. The second-order valence-corrected chi connectivity index (χ2v) is 8.11. The number of rotatable bonds is 2. The molecule has 1 unspecified atom stereocenters. The Labute approximate surface area is 176 Å². The molecule has 5 heteroatoms. The van der Waals surface area contributed by atoms with Crippen LogP contribution in [0.25, 0.3) is 0 Å². The largest absolute Gasteiger partial charge is 0.324 e. The van der Waals surface area contributed by atoms with Gasteiger partial charge in [-0.05, 0) is 84.7 Å². The Morgan fingerprint density at radius 1 is 0.600 bits per heavy atom. The van der Waals surface area contributed by atoms with Gasteiger partial charge >= 0.3 is 0 Å². The van der Waals surface area contributed by atoms with Gasteiger partial charge in [-0.2, -0.15) is 0 Å². The number of allylic oxidation sites excluding steroid dienone is 11. The van der Waals surface area contributed by atoms with Crippen LogP contribution in [0.2, 0.25) is 0 Å². The van der Waals surface area contributed by atoms with E-state index in [4.69, 9.17) is 20.7 Å². The first-order valence-corrected chi connectivity index (χ1v) is 10.2. The zero-order valence-corrected chi connectivity index (χ0v) is 17.3. The van der Waals surface area contributed by atoms with Crippen molar-refractivity contribution in [1.29, 1.82) is 0 Å². The van der Waals surface area contributed by atoms with E-state index in [1.807, 2.05) is 67.7 Å². The Kier molecular flexibility index (Phi) is 4.40. The molecule has 0 fully saturated rings. The van der Waals surface area contributed by atoms with E-state index in [9.17, 15) is 0 Å². The molecule has 5 aliphatic heterocycles. The van der Waals surface area contributed by atoms with E-state index in [0.29, 0.717) is 0 Å². The zero-order chi connectivity index (χ0) is 20.8. The molecule has 0 aromatic carbocycles. The van der Waals surface area contributed by atoms with E-state index in [0.717, 1.165) is 51.2 Å². The maximum Gasteiger partial charge on any atom is 0.0709 e. The van der Waals surface area contributed by atoms with E-state index in [-0.39, 0.29) is 12.0 Å². The summed E-state index contributed by atoms with van der Waals surface area (Å²) in [7, 11) is 0. The highest BCUT2D eigenvalue weighted by molar-refractivity contribution is 6.17. The lowest BCUT2D eigenvalue weighted by atomic mass is 9.90. The van der Waals surface area contributed by atoms with Gasteiger partial charge in [-0.1, -0.05) is 13.8 Å². The van der Waals surface area contributed by atoms with Crippen LogP contribution in [0, 0.1) is 5.92 Å². The third-order valence-corrected chi connectivity index (χ3v) is 5.33. The van der Waals surface area contributed by atoms with Crippen LogP contribution < -0.4 is 5.73 Å². The van der Waals surface area contributed by atoms with Gasteiger partial charge < -0.3 is 5.73 Å². The minimum atomic E-state index is -0.130. The zero-order valence-electron chi connectivity index (χ0n) is 17.3. The molecule has 30 heavy (non-hydrogen) atoms. The fraction of sp³-hybridized carbons (Fsp3) is 0.200. The Hall–Kier alpha value is -3.44. The van der Waals surface area contributed by atoms with Gasteiger partial charge in [0.15, 0.2) is 0 Å². The smallest absolute Gasteiger partial charge is 0.0709 e. The van der Waals surface area contributed by atoms with Crippen molar-refractivity contribution in [2.45, 2.75) is 26.8 Å². The number of nitrogens with two attached hydrogens (primary N) is 1. The Balaban J connectivity index is 1.72. The number of nitrogens with zero attached hydrogens (tertiary/aromatic N) is 4. The first-order chi connectivity index (χ1) is 14.5. The van der Waals surface area contributed by atoms with Crippen molar-refractivity contribution >= 4 is 22.8 Å². The molecule has 8 bridgehead atoms. The van der Waals surface area contributed by atoms with E-state index >= 15 is 0 Å². The summed E-state index contributed by atoms with van der Waals surface area (Å²) >= 11 is 0. The lowest BCUT2D eigenvalue weighted by molar-refractivity contribution is 0.769. The highest BCUT2D eigenvalue weighted by atomic mass is 14.9. The van der Waals surface area contributed by atoms with Crippen LogP contribution in [0.4, 0.5) is 0 Å². The summed E-state index contributed by atoms with van der Waals surface area (Å²) in [6.07, 6.45) is 20.0. The standard InChI is InChI=1S/C25H23N5/c1-14(2)24-22-12-20-8-6-18(28-20)10-16-4-5-17(27-16)11-19-7-9-21(29-19)13-23(30-22)25(24)15(3)26/h4-15H,26H2,1-3H3. The van der Waals surface area contributed by atoms with Crippen molar-refractivity contribution in [3.8, 4) is 0 Å². The van der Waals surface area contributed by atoms with Crippen LogP contribution in [0.1, 0.15) is 20.8 Å². The van der Waals surface area contributed by atoms with Gasteiger partial charge in [-0.3, -0.25) is 0 Å². The third-order valence-electron chi connectivity index (χ3n) is 5.33. The molecule has 148 valence electrons. The van der Waals surface area contributed by atoms with Gasteiger partial charge in [-0.25, -0.2) is 20.0 Å². The van der Waals surface area contributed by atoms with Crippen molar-refractivity contribution in [2.24, 2.45) is 31.6 Å². The second-order valence-electron chi connectivity index (χ2n) is 8.11. The van der Waals surface area contributed by atoms with Crippen LogP contribution in [-0.2, 0) is 0 Å². The van der Waals surface area contributed by atoms with Crippen molar-refractivity contribution in [3.63, 3.8) is 0 Å². The number of aliphatic imine (C=N–C) groups is 4. The molecule has 5 heterocycles. The molecule has 1 atom stereocenters. The lowest BCUT2D eigenvalue weighted by Gasteiger charge is -2.15. The quantitative estimate of drug-likeness (QED) is 0.745. The lowest BCUT2D eigenvalue weighted by Crippen LogP contribution is -2.21. The molecule has 0 aliphatic carbocycles.